The van der Waals surface area contributed by atoms with Gasteiger partial charge in [-0.1, -0.05) is 42.5 Å². The summed E-state index contributed by atoms with van der Waals surface area (Å²) >= 11 is 0. The summed E-state index contributed by atoms with van der Waals surface area (Å²) in [7, 11) is 0. The number of aryl methyl sites for hydroxylation is 1. The highest BCUT2D eigenvalue weighted by Gasteiger charge is 2.44. The number of carbonyl (C=O) groups excluding carboxylic acids is 1. The van der Waals surface area contributed by atoms with E-state index in [4.69, 9.17) is 0 Å². The summed E-state index contributed by atoms with van der Waals surface area (Å²) in [6, 6.07) is 17.0. The lowest BCUT2D eigenvalue weighted by molar-refractivity contribution is -0.123. The van der Waals surface area contributed by atoms with Gasteiger partial charge in [0.25, 0.3) is 0 Å². The summed E-state index contributed by atoms with van der Waals surface area (Å²) in [5.41, 5.74) is 2.35. The van der Waals surface area contributed by atoms with Crippen LogP contribution in [-0.4, -0.2) is 11.9 Å². The van der Waals surface area contributed by atoms with Gasteiger partial charge in [-0.2, -0.15) is 0 Å². The highest BCUT2D eigenvalue weighted by atomic mass is 19.1. The van der Waals surface area contributed by atoms with Crippen molar-refractivity contribution in [2.75, 3.05) is 0 Å². The Labute approximate surface area is 136 Å². The van der Waals surface area contributed by atoms with Crippen molar-refractivity contribution >= 4 is 5.91 Å². The SMILES string of the molecule is CC(CCc1ccccc1)NC(=O)C1CC1c1ccc(F)cc1. The summed E-state index contributed by atoms with van der Waals surface area (Å²) in [5, 5.41) is 3.11. The van der Waals surface area contributed by atoms with Gasteiger partial charge in [0.2, 0.25) is 5.91 Å². The smallest absolute Gasteiger partial charge is 0.223 e. The Morgan fingerprint density at radius 1 is 1.17 bits per heavy atom. The number of carbonyl (C=O) groups is 1. The summed E-state index contributed by atoms with van der Waals surface area (Å²) in [5.74, 6) is 0.182. The molecule has 3 atom stereocenters. The molecule has 0 aliphatic heterocycles. The summed E-state index contributed by atoms with van der Waals surface area (Å²) in [6.45, 7) is 2.05. The molecule has 3 unspecified atom stereocenters. The maximum atomic E-state index is 12.9. The molecule has 1 fully saturated rings. The van der Waals surface area contributed by atoms with Gasteiger partial charge in [-0.05, 0) is 55.4 Å². The first-order valence-electron chi connectivity index (χ1n) is 8.23. The van der Waals surface area contributed by atoms with E-state index in [1.54, 1.807) is 12.1 Å². The van der Waals surface area contributed by atoms with Crippen LogP contribution < -0.4 is 5.32 Å². The number of benzene rings is 2. The molecular formula is C20H22FNO. The average Bonchev–Trinajstić information content (AvgIpc) is 3.35. The van der Waals surface area contributed by atoms with Crippen LogP contribution >= 0.6 is 0 Å². The number of rotatable bonds is 6. The molecule has 0 radical (unpaired) electrons. The fraction of sp³-hybridized carbons (Fsp3) is 0.350. The Kier molecular flexibility index (Phi) is 4.75. The Bertz CT molecular complexity index is 653. The van der Waals surface area contributed by atoms with Gasteiger partial charge in [-0.25, -0.2) is 4.39 Å². The van der Waals surface area contributed by atoms with E-state index in [0.29, 0.717) is 0 Å². The lowest BCUT2D eigenvalue weighted by Gasteiger charge is -2.14. The van der Waals surface area contributed by atoms with Crippen molar-refractivity contribution in [3.8, 4) is 0 Å². The zero-order valence-corrected chi connectivity index (χ0v) is 13.3. The molecule has 1 N–H and O–H groups in total. The molecule has 1 amide bonds. The van der Waals surface area contributed by atoms with Crippen LogP contribution in [0.1, 0.15) is 36.8 Å². The fourth-order valence-electron chi connectivity index (χ4n) is 3.01. The number of halogens is 1. The van der Waals surface area contributed by atoms with E-state index in [1.807, 2.05) is 18.2 Å². The second-order valence-corrected chi connectivity index (χ2v) is 6.43. The Morgan fingerprint density at radius 2 is 1.87 bits per heavy atom. The van der Waals surface area contributed by atoms with Gasteiger partial charge in [0.15, 0.2) is 0 Å². The molecule has 0 aromatic heterocycles. The minimum absolute atomic E-state index is 0.0413. The van der Waals surface area contributed by atoms with Crippen molar-refractivity contribution in [1.29, 1.82) is 0 Å². The molecule has 2 aromatic carbocycles. The third-order valence-corrected chi connectivity index (χ3v) is 4.52. The van der Waals surface area contributed by atoms with Crippen LogP contribution in [0.5, 0.6) is 0 Å². The van der Waals surface area contributed by atoms with Crippen molar-refractivity contribution in [3.05, 3.63) is 71.5 Å². The van der Waals surface area contributed by atoms with Crippen molar-refractivity contribution in [2.24, 2.45) is 5.92 Å². The molecule has 120 valence electrons. The second kappa shape index (κ2) is 6.95. The third-order valence-electron chi connectivity index (χ3n) is 4.52. The van der Waals surface area contributed by atoms with Crippen molar-refractivity contribution < 1.29 is 9.18 Å². The van der Waals surface area contributed by atoms with E-state index >= 15 is 0 Å². The molecule has 2 aromatic rings. The first kappa shape index (κ1) is 15.7. The quantitative estimate of drug-likeness (QED) is 0.856. The predicted molar refractivity (Wildman–Crippen MR) is 89.6 cm³/mol. The van der Waals surface area contributed by atoms with E-state index in [1.165, 1.54) is 17.7 Å². The number of nitrogens with one attached hydrogen (secondary N) is 1. The van der Waals surface area contributed by atoms with E-state index in [2.05, 4.69) is 24.4 Å². The van der Waals surface area contributed by atoms with E-state index in [-0.39, 0.29) is 29.6 Å². The third kappa shape index (κ3) is 4.19. The number of amides is 1. The average molecular weight is 311 g/mol. The zero-order valence-electron chi connectivity index (χ0n) is 13.3. The number of hydrogen-bond acceptors (Lipinski definition) is 1. The number of hydrogen-bond donors (Lipinski definition) is 1. The fourth-order valence-corrected chi connectivity index (χ4v) is 3.01. The predicted octanol–water partition coefficient (Wildman–Crippen LogP) is 4.07. The van der Waals surface area contributed by atoms with Crippen molar-refractivity contribution in [1.82, 2.24) is 5.32 Å². The molecule has 3 rings (SSSR count). The van der Waals surface area contributed by atoms with Gasteiger partial charge in [0.1, 0.15) is 5.82 Å². The molecule has 0 bridgehead atoms. The molecule has 1 aliphatic carbocycles. The Balaban J connectivity index is 1.45. The van der Waals surface area contributed by atoms with Crippen LogP contribution in [0.4, 0.5) is 4.39 Å². The van der Waals surface area contributed by atoms with Crippen LogP contribution in [0.25, 0.3) is 0 Å². The van der Waals surface area contributed by atoms with Crippen LogP contribution in [0, 0.1) is 11.7 Å². The van der Waals surface area contributed by atoms with Gasteiger partial charge in [-0.15, -0.1) is 0 Å². The van der Waals surface area contributed by atoms with Crippen molar-refractivity contribution in [3.63, 3.8) is 0 Å². The second-order valence-electron chi connectivity index (χ2n) is 6.43. The van der Waals surface area contributed by atoms with Crippen LogP contribution in [0.2, 0.25) is 0 Å². The van der Waals surface area contributed by atoms with Gasteiger partial charge < -0.3 is 5.32 Å². The molecular weight excluding hydrogens is 289 g/mol. The van der Waals surface area contributed by atoms with Crippen molar-refractivity contribution in [2.45, 2.75) is 38.1 Å². The topological polar surface area (TPSA) is 29.1 Å². The molecule has 0 heterocycles. The summed E-state index contributed by atoms with van der Waals surface area (Å²) < 4.78 is 12.9. The minimum Gasteiger partial charge on any atom is -0.353 e. The maximum absolute atomic E-state index is 12.9. The van der Waals surface area contributed by atoms with E-state index in [9.17, 15) is 9.18 Å². The molecule has 3 heteroatoms. The monoisotopic (exact) mass is 311 g/mol. The van der Waals surface area contributed by atoms with Gasteiger partial charge in [0, 0.05) is 12.0 Å². The summed E-state index contributed by atoms with van der Waals surface area (Å²) in [4.78, 5) is 12.3. The van der Waals surface area contributed by atoms with E-state index < -0.39 is 0 Å². The van der Waals surface area contributed by atoms with Crippen LogP contribution in [0.3, 0.4) is 0 Å². The highest BCUT2D eigenvalue weighted by Crippen LogP contribution is 2.47. The minimum atomic E-state index is -0.232. The first-order chi connectivity index (χ1) is 11.1. The Morgan fingerprint density at radius 3 is 2.57 bits per heavy atom. The molecule has 1 aliphatic rings. The lowest BCUT2D eigenvalue weighted by Crippen LogP contribution is -2.34. The Hall–Kier alpha value is -2.16. The molecule has 0 spiro atoms. The molecule has 2 nitrogen and oxygen atoms in total. The summed E-state index contributed by atoms with van der Waals surface area (Å²) in [6.07, 6.45) is 2.76. The molecule has 1 saturated carbocycles. The molecule has 23 heavy (non-hydrogen) atoms. The van der Waals surface area contributed by atoms with Gasteiger partial charge in [0.05, 0.1) is 0 Å². The zero-order chi connectivity index (χ0) is 16.2. The van der Waals surface area contributed by atoms with Crippen LogP contribution in [-0.2, 0) is 11.2 Å². The highest BCUT2D eigenvalue weighted by molar-refractivity contribution is 5.83. The van der Waals surface area contributed by atoms with Gasteiger partial charge >= 0.3 is 0 Å². The maximum Gasteiger partial charge on any atom is 0.223 e. The largest absolute Gasteiger partial charge is 0.353 e. The van der Waals surface area contributed by atoms with E-state index in [0.717, 1.165) is 24.8 Å². The lowest BCUT2D eigenvalue weighted by atomic mass is 10.1. The standard InChI is InChI=1S/C20H22FNO/c1-14(7-8-15-5-3-2-4-6-15)22-20(23)19-13-18(19)16-9-11-17(21)12-10-16/h2-6,9-12,14,18-19H,7-8,13H2,1H3,(H,22,23). The normalized spacial score (nSPS) is 20.8. The first-order valence-corrected chi connectivity index (χ1v) is 8.23. The molecule has 0 saturated heterocycles. The van der Waals surface area contributed by atoms with Gasteiger partial charge in [-0.3, -0.25) is 4.79 Å². The van der Waals surface area contributed by atoms with Crippen LogP contribution in [0.15, 0.2) is 54.6 Å².